The van der Waals surface area contributed by atoms with Crippen LogP contribution in [-0.2, 0) is 12.7 Å². The average Bonchev–Trinajstić information content (AvgIpc) is 3.34. The quantitative estimate of drug-likeness (QED) is 0.311. The molecule has 0 spiro atoms. The first-order valence-corrected chi connectivity index (χ1v) is 10.1. The van der Waals surface area contributed by atoms with Gasteiger partial charge in [0.1, 0.15) is 5.69 Å². The number of H-pyrrole nitrogens is 1. The first-order valence-electron chi connectivity index (χ1n) is 10.1. The van der Waals surface area contributed by atoms with Crippen LogP contribution in [0, 0.1) is 11.6 Å². The first kappa shape index (κ1) is 21.6. The van der Waals surface area contributed by atoms with Gasteiger partial charge in [-0.1, -0.05) is 30.3 Å². The lowest BCUT2D eigenvalue weighted by atomic mass is 10.1. The number of halogens is 5. The molecule has 2 aromatic heterocycles. The largest absolute Gasteiger partial charge is 0.416 e. The summed E-state index contributed by atoms with van der Waals surface area (Å²) in [6, 6.07) is 13.4. The van der Waals surface area contributed by atoms with Gasteiger partial charge in [-0.2, -0.15) is 18.3 Å². The Morgan fingerprint density at radius 1 is 0.971 bits per heavy atom. The monoisotopic (exact) mass is 470 g/mol. The van der Waals surface area contributed by atoms with Crippen LogP contribution in [0.3, 0.4) is 0 Å². The van der Waals surface area contributed by atoms with Gasteiger partial charge in [-0.05, 0) is 29.8 Å². The molecule has 5 rings (SSSR count). The summed E-state index contributed by atoms with van der Waals surface area (Å²) in [6.07, 6.45) is -3.04. The minimum absolute atomic E-state index is 0.0449. The van der Waals surface area contributed by atoms with Crippen LogP contribution in [0.4, 0.5) is 27.6 Å². The maximum Gasteiger partial charge on any atom is 0.416 e. The molecule has 0 aliphatic rings. The molecule has 0 fully saturated rings. The van der Waals surface area contributed by atoms with Crippen molar-refractivity contribution in [1.29, 1.82) is 0 Å². The number of hydrogen-bond donors (Lipinski definition) is 2. The number of fused-ring (bicyclic) bond motifs is 2. The molecule has 34 heavy (non-hydrogen) atoms. The molecule has 0 bridgehead atoms. The fourth-order valence-electron chi connectivity index (χ4n) is 3.81. The summed E-state index contributed by atoms with van der Waals surface area (Å²) in [7, 11) is 0. The van der Waals surface area contributed by atoms with Crippen molar-refractivity contribution in [3.8, 4) is 0 Å². The second kappa shape index (κ2) is 7.98. The minimum atomic E-state index is -4.45. The van der Waals surface area contributed by atoms with Crippen molar-refractivity contribution in [3.05, 3.63) is 95.3 Å². The molecule has 0 atom stereocenters. The van der Waals surface area contributed by atoms with E-state index in [4.69, 9.17) is 0 Å². The van der Waals surface area contributed by atoms with Gasteiger partial charge >= 0.3 is 6.18 Å². The fraction of sp³-hybridized carbons (Fsp3) is 0.0833. The summed E-state index contributed by atoms with van der Waals surface area (Å²) < 4.78 is 67.3. The third kappa shape index (κ3) is 3.87. The maximum atomic E-state index is 13.7. The third-order valence-corrected chi connectivity index (χ3v) is 5.45. The highest BCUT2D eigenvalue weighted by Gasteiger charge is 2.30. The number of aromatic nitrogens is 3. The first-order chi connectivity index (χ1) is 16.2. The highest BCUT2D eigenvalue weighted by atomic mass is 19.4. The van der Waals surface area contributed by atoms with Crippen LogP contribution in [0.2, 0.25) is 0 Å². The summed E-state index contributed by atoms with van der Waals surface area (Å²) >= 11 is 0. The number of amides is 1. The molecular formula is C24H15F5N4O. The number of nitrogens with zero attached hydrogens (tertiary/aromatic N) is 2. The molecule has 0 aliphatic carbocycles. The molecular weight excluding hydrogens is 455 g/mol. The molecule has 0 radical (unpaired) electrons. The molecule has 172 valence electrons. The lowest BCUT2D eigenvalue weighted by Crippen LogP contribution is -2.18. The van der Waals surface area contributed by atoms with E-state index in [2.05, 4.69) is 15.4 Å². The molecule has 5 nitrogen and oxygen atoms in total. The zero-order valence-corrected chi connectivity index (χ0v) is 17.3. The smallest absolute Gasteiger partial charge is 0.359 e. The Morgan fingerprint density at radius 3 is 2.41 bits per heavy atom. The highest BCUT2D eigenvalue weighted by molar-refractivity contribution is 6.14. The number of anilines is 1. The third-order valence-electron chi connectivity index (χ3n) is 5.45. The number of rotatable bonds is 4. The van der Waals surface area contributed by atoms with E-state index in [9.17, 15) is 26.7 Å². The van der Waals surface area contributed by atoms with E-state index in [1.165, 1.54) is 23.0 Å². The van der Waals surface area contributed by atoms with E-state index >= 15 is 0 Å². The van der Waals surface area contributed by atoms with Crippen LogP contribution >= 0.6 is 0 Å². The Kier molecular flexibility index (Phi) is 5.07. The minimum Gasteiger partial charge on any atom is -0.359 e. The molecule has 2 N–H and O–H groups in total. The molecule has 3 aromatic carbocycles. The Balaban J connectivity index is 1.51. The number of carbonyl (C=O) groups is 1. The Hall–Kier alpha value is -4.21. The van der Waals surface area contributed by atoms with E-state index in [-0.39, 0.29) is 23.3 Å². The summed E-state index contributed by atoms with van der Waals surface area (Å²) in [5.41, 5.74) is 0.976. The molecule has 5 aromatic rings. The number of benzene rings is 3. The SMILES string of the molecule is O=C(Nc1c[nH]c2cc(F)c(F)cc12)c1c2ccccc2nn1Cc1ccc(C(F)(F)F)cc1. The van der Waals surface area contributed by atoms with Crippen molar-refractivity contribution in [2.75, 3.05) is 5.32 Å². The lowest BCUT2D eigenvalue weighted by Gasteiger charge is -2.10. The second-order valence-corrected chi connectivity index (χ2v) is 7.69. The van der Waals surface area contributed by atoms with Crippen LogP contribution in [0.25, 0.3) is 21.8 Å². The van der Waals surface area contributed by atoms with E-state index in [1.807, 2.05) is 0 Å². The molecule has 1 amide bonds. The van der Waals surface area contributed by atoms with Gasteiger partial charge in [-0.3, -0.25) is 9.48 Å². The van der Waals surface area contributed by atoms with Gasteiger partial charge in [0.2, 0.25) is 0 Å². The number of nitrogens with one attached hydrogen (secondary N) is 2. The van der Waals surface area contributed by atoms with Gasteiger partial charge in [0.25, 0.3) is 5.91 Å². The van der Waals surface area contributed by atoms with Crippen molar-refractivity contribution < 1.29 is 26.7 Å². The second-order valence-electron chi connectivity index (χ2n) is 7.69. The normalized spacial score (nSPS) is 11.9. The van der Waals surface area contributed by atoms with Gasteiger partial charge in [-0.15, -0.1) is 0 Å². The molecule has 2 heterocycles. The van der Waals surface area contributed by atoms with Crippen molar-refractivity contribution in [3.63, 3.8) is 0 Å². The predicted molar refractivity (Wildman–Crippen MR) is 116 cm³/mol. The number of hydrogen-bond acceptors (Lipinski definition) is 2. The van der Waals surface area contributed by atoms with Gasteiger partial charge < -0.3 is 10.3 Å². The fourth-order valence-corrected chi connectivity index (χ4v) is 3.81. The van der Waals surface area contributed by atoms with E-state index in [1.54, 1.807) is 24.3 Å². The van der Waals surface area contributed by atoms with Crippen LogP contribution < -0.4 is 5.32 Å². The number of aromatic amines is 1. The van der Waals surface area contributed by atoms with Crippen molar-refractivity contribution in [2.24, 2.45) is 0 Å². The van der Waals surface area contributed by atoms with E-state index in [0.717, 1.165) is 24.3 Å². The van der Waals surface area contributed by atoms with Crippen molar-refractivity contribution in [2.45, 2.75) is 12.7 Å². The topological polar surface area (TPSA) is 62.7 Å². The summed E-state index contributed by atoms with van der Waals surface area (Å²) in [4.78, 5) is 16.1. The zero-order valence-electron chi connectivity index (χ0n) is 17.3. The standard InChI is InChI=1S/C24H15F5N4O/c25-17-9-16-20(10-18(17)26)30-11-21(16)31-23(34)22-15-3-1-2-4-19(15)32-33(22)12-13-5-7-14(8-6-13)24(27,28)29/h1-11,30H,12H2,(H,31,34). The summed E-state index contributed by atoms with van der Waals surface area (Å²) in [5, 5.41) is 7.94. The molecule has 0 saturated carbocycles. The van der Waals surface area contributed by atoms with Crippen LogP contribution in [0.1, 0.15) is 21.6 Å². The molecule has 0 saturated heterocycles. The Bertz CT molecular complexity index is 1530. The van der Waals surface area contributed by atoms with Gasteiger partial charge in [0.15, 0.2) is 11.6 Å². The molecule has 10 heteroatoms. The van der Waals surface area contributed by atoms with Crippen LogP contribution in [-0.4, -0.2) is 20.7 Å². The maximum absolute atomic E-state index is 13.7. The van der Waals surface area contributed by atoms with Crippen molar-refractivity contribution in [1.82, 2.24) is 14.8 Å². The molecule has 0 unspecified atom stereocenters. The zero-order chi connectivity index (χ0) is 24.0. The van der Waals surface area contributed by atoms with Gasteiger partial charge in [0.05, 0.1) is 28.8 Å². The van der Waals surface area contributed by atoms with Gasteiger partial charge in [0, 0.05) is 23.0 Å². The predicted octanol–water partition coefficient (Wildman–Crippen LogP) is 6.12. The van der Waals surface area contributed by atoms with E-state index < -0.39 is 29.3 Å². The average molecular weight is 470 g/mol. The van der Waals surface area contributed by atoms with Crippen LogP contribution in [0.15, 0.2) is 66.9 Å². The highest BCUT2D eigenvalue weighted by Crippen LogP contribution is 2.30. The lowest BCUT2D eigenvalue weighted by molar-refractivity contribution is -0.137. The van der Waals surface area contributed by atoms with Crippen LogP contribution in [0.5, 0.6) is 0 Å². The van der Waals surface area contributed by atoms with Crippen molar-refractivity contribution >= 4 is 33.4 Å². The van der Waals surface area contributed by atoms with Gasteiger partial charge in [-0.25, -0.2) is 8.78 Å². The van der Waals surface area contributed by atoms with E-state index in [0.29, 0.717) is 22.0 Å². The molecule has 0 aliphatic heterocycles. The Morgan fingerprint density at radius 2 is 1.68 bits per heavy atom. The number of alkyl halides is 3. The number of carbonyl (C=O) groups excluding carboxylic acids is 1. The Labute approximate surface area is 188 Å². The summed E-state index contributed by atoms with van der Waals surface area (Å²) in [6.45, 7) is 0.0449. The summed E-state index contributed by atoms with van der Waals surface area (Å²) in [5.74, 6) is -2.64.